The van der Waals surface area contributed by atoms with Crippen LogP contribution in [0.5, 0.6) is 17.4 Å². The highest BCUT2D eigenvalue weighted by Gasteiger charge is 2.32. The normalized spacial score (nSPS) is 13.4. The Kier molecular flexibility index (Phi) is 7.13. The first-order chi connectivity index (χ1) is 18.8. The maximum atomic E-state index is 13.7. The van der Waals surface area contributed by atoms with Gasteiger partial charge in [0.05, 0.1) is 19.1 Å². The zero-order valence-electron chi connectivity index (χ0n) is 21.7. The summed E-state index contributed by atoms with van der Waals surface area (Å²) in [6.45, 7) is 1.97. The van der Waals surface area contributed by atoms with E-state index in [0.717, 1.165) is 19.3 Å². The van der Waals surface area contributed by atoms with Crippen LogP contribution in [0, 0.1) is 0 Å². The number of rotatable bonds is 10. The summed E-state index contributed by atoms with van der Waals surface area (Å²) in [7, 11) is -1.62. The van der Waals surface area contributed by atoms with Gasteiger partial charge in [-0.3, -0.25) is 9.36 Å². The largest absolute Gasteiger partial charge is 0.494 e. The Hall–Kier alpha value is -4.19. The summed E-state index contributed by atoms with van der Waals surface area (Å²) in [6.07, 6.45) is 3.75. The van der Waals surface area contributed by atoms with Gasteiger partial charge in [0.2, 0.25) is 27.5 Å². The predicted molar refractivity (Wildman–Crippen MR) is 140 cm³/mol. The van der Waals surface area contributed by atoms with E-state index in [9.17, 15) is 18.3 Å². The average Bonchev–Trinajstić information content (AvgIpc) is 3.67. The van der Waals surface area contributed by atoms with Gasteiger partial charge in [-0.15, -0.1) is 10.2 Å². The number of para-hydroxylation sites is 1. The van der Waals surface area contributed by atoms with E-state index in [1.807, 2.05) is 6.92 Å². The van der Waals surface area contributed by atoms with E-state index in [4.69, 9.17) is 13.9 Å². The molecule has 2 heterocycles. The molecule has 2 aromatic heterocycles. The van der Waals surface area contributed by atoms with Crippen LogP contribution in [0.1, 0.15) is 50.2 Å². The molecular formula is C27H28N4O7S. The van der Waals surface area contributed by atoms with Crippen molar-refractivity contribution >= 4 is 9.84 Å². The van der Waals surface area contributed by atoms with Crippen LogP contribution in [0.25, 0.3) is 17.1 Å². The fourth-order valence-electron chi connectivity index (χ4n) is 4.30. The lowest BCUT2D eigenvalue weighted by Gasteiger charge is -2.21. The minimum Gasteiger partial charge on any atom is -0.494 e. The van der Waals surface area contributed by atoms with Crippen molar-refractivity contribution in [1.82, 2.24) is 19.7 Å². The molecule has 1 aliphatic carbocycles. The summed E-state index contributed by atoms with van der Waals surface area (Å²) >= 11 is 0. The first-order valence-electron chi connectivity index (χ1n) is 12.5. The fraction of sp³-hybridized carbons (Fsp3) is 0.333. The van der Waals surface area contributed by atoms with Crippen molar-refractivity contribution in [1.29, 1.82) is 0 Å². The van der Waals surface area contributed by atoms with Gasteiger partial charge in [-0.25, -0.2) is 8.42 Å². The molecule has 0 atom stereocenters. The molecule has 0 saturated heterocycles. The molecule has 0 aliphatic heterocycles. The minimum atomic E-state index is -4.50. The lowest BCUT2D eigenvalue weighted by molar-refractivity contribution is 0.374. The molecule has 2 aromatic carbocycles. The van der Waals surface area contributed by atoms with E-state index in [2.05, 4.69) is 15.2 Å². The van der Waals surface area contributed by atoms with Gasteiger partial charge >= 0.3 is 0 Å². The lowest BCUT2D eigenvalue weighted by atomic mass is 10.2. The van der Waals surface area contributed by atoms with Crippen LogP contribution in [0.3, 0.4) is 0 Å². The van der Waals surface area contributed by atoms with Crippen molar-refractivity contribution < 1.29 is 27.4 Å². The Morgan fingerprint density at radius 3 is 2.31 bits per heavy atom. The molecular weight excluding hydrogens is 524 g/mol. The number of aromatic hydroxyl groups is 1. The van der Waals surface area contributed by atoms with Crippen LogP contribution in [0.15, 0.2) is 61.5 Å². The number of methoxy groups -OCH3 is 2. The third-order valence-corrected chi connectivity index (χ3v) is 8.31. The summed E-state index contributed by atoms with van der Waals surface area (Å²) in [5.41, 5.74) is -0.297. The van der Waals surface area contributed by atoms with Gasteiger partial charge in [0, 0.05) is 17.9 Å². The Morgan fingerprint density at radius 2 is 1.72 bits per heavy atom. The summed E-state index contributed by atoms with van der Waals surface area (Å²) in [4.78, 5) is 16.2. The molecule has 4 aromatic rings. The number of hydrogen-bond acceptors (Lipinski definition) is 10. The molecule has 12 heteroatoms. The molecule has 0 radical (unpaired) electrons. The van der Waals surface area contributed by atoms with E-state index in [1.54, 1.807) is 18.2 Å². The third-order valence-electron chi connectivity index (χ3n) is 6.52. The molecule has 1 aliphatic rings. The maximum Gasteiger partial charge on any atom is 0.296 e. The maximum absolute atomic E-state index is 13.7. The highest BCUT2D eigenvalue weighted by molar-refractivity contribution is 7.91. The monoisotopic (exact) mass is 552 g/mol. The van der Waals surface area contributed by atoms with E-state index < -0.39 is 26.2 Å². The molecule has 0 spiro atoms. The first-order valence-corrected chi connectivity index (χ1v) is 14.0. The van der Waals surface area contributed by atoms with Crippen LogP contribution < -0.4 is 15.0 Å². The van der Waals surface area contributed by atoms with Crippen molar-refractivity contribution in [2.75, 3.05) is 14.2 Å². The first kappa shape index (κ1) is 26.4. The van der Waals surface area contributed by atoms with Gasteiger partial charge in [0.25, 0.3) is 5.56 Å². The van der Waals surface area contributed by atoms with Crippen molar-refractivity contribution in [2.24, 2.45) is 0 Å². The van der Waals surface area contributed by atoms with Gasteiger partial charge in [-0.1, -0.05) is 19.4 Å². The van der Waals surface area contributed by atoms with Crippen LogP contribution in [0.2, 0.25) is 0 Å². The number of nitrogens with zero attached hydrogens (tertiary/aromatic N) is 4. The highest BCUT2D eigenvalue weighted by atomic mass is 32.2. The second kappa shape index (κ2) is 10.5. The van der Waals surface area contributed by atoms with Crippen LogP contribution >= 0.6 is 0 Å². The highest BCUT2D eigenvalue weighted by Crippen LogP contribution is 2.40. The second-order valence-electron chi connectivity index (χ2n) is 9.18. The molecule has 204 valence electrons. The molecule has 0 bridgehead atoms. The number of sulfone groups is 1. The SMILES string of the molecule is CCCCc1nc(=O)c(S(=O)(=O)c2ccc(-c3nnc(C4CC4)o3)cc2)c(O)n1-c1c(OC)cccc1OC. The van der Waals surface area contributed by atoms with Crippen molar-refractivity contribution in [3.63, 3.8) is 0 Å². The number of aromatic nitrogens is 4. The molecule has 1 saturated carbocycles. The summed E-state index contributed by atoms with van der Waals surface area (Å²) in [5, 5.41) is 19.5. The lowest BCUT2D eigenvalue weighted by Crippen LogP contribution is -2.25. The number of aryl methyl sites for hydroxylation is 1. The molecule has 0 amide bonds. The third kappa shape index (κ3) is 4.87. The van der Waals surface area contributed by atoms with Crippen LogP contribution in [-0.2, 0) is 16.3 Å². The number of unbranched alkanes of at least 4 members (excludes halogenated alkanes) is 1. The van der Waals surface area contributed by atoms with Gasteiger partial charge in [0.1, 0.15) is 23.0 Å². The number of ether oxygens (including phenoxy) is 2. The van der Waals surface area contributed by atoms with E-state index in [-0.39, 0.29) is 28.2 Å². The topological polar surface area (TPSA) is 147 Å². The van der Waals surface area contributed by atoms with Gasteiger partial charge in [-0.2, -0.15) is 4.98 Å². The van der Waals surface area contributed by atoms with Gasteiger partial charge in [-0.05, 0) is 55.7 Å². The van der Waals surface area contributed by atoms with E-state index in [0.29, 0.717) is 35.8 Å². The summed E-state index contributed by atoms with van der Waals surface area (Å²) in [5.74, 6) is 1.12. The predicted octanol–water partition coefficient (Wildman–Crippen LogP) is 4.06. The van der Waals surface area contributed by atoms with E-state index in [1.165, 1.54) is 43.1 Å². The minimum absolute atomic E-state index is 0.180. The van der Waals surface area contributed by atoms with Gasteiger partial charge in [0.15, 0.2) is 4.90 Å². The second-order valence-corrected chi connectivity index (χ2v) is 11.1. The van der Waals surface area contributed by atoms with Crippen LogP contribution in [-0.4, -0.2) is 47.5 Å². The molecule has 1 fully saturated rings. The Morgan fingerprint density at radius 1 is 1.05 bits per heavy atom. The van der Waals surface area contributed by atoms with Crippen LogP contribution in [0.4, 0.5) is 0 Å². The summed E-state index contributed by atoms with van der Waals surface area (Å²) < 4.78 is 45.3. The van der Waals surface area contributed by atoms with Gasteiger partial charge < -0.3 is 19.0 Å². The van der Waals surface area contributed by atoms with Crippen molar-refractivity contribution in [3.8, 4) is 34.5 Å². The number of benzene rings is 2. The smallest absolute Gasteiger partial charge is 0.296 e. The number of hydrogen-bond donors (Lipinski definition) is 1. The quantitative estimate of drug-likeness (QED) is 0.305. The molecule has 11 nitrogen and oxygen atoms in total. The molecule has 39 heavy (non-hydrogen) atoms. The van der Waals surface area contributed by atoms with E-state index >= 15 is 0 Å². The molecule has 0 unspecified atom stereocenters. The Labute approximate surface area is 225 Å². The zero-order valence-corrected chi connectivity index (χ0v) is 22.6. The average molecular weight is 553 g/mol. The Bertz CT molecular complexity index is 1650. The van der Waals surface area contributed by atoms with Crippen molar-refractivity contribution in [3.05, 3.63) is 64.5 Å². The standard InChI is InChI=1S/C27H28N4O7S/c1-4-5-9-21-28-24(32)23(27(33)31(21)22-19(36-2)7-6-8-20(22)37-3)39(34,35)18-14-12-17(13-15-18)26-30-29-25(38-26)16-10-11-16/h6-8,12-16,33H,4-5,9-11H2,1-3H3. The zero-order chi connectivity index (χ0) is 27.7. The van der Waals surface area contributed by atoms with Crippen molar-refractivity contribution in [2.45, 2.75) is 54.7 Å². The molecule has 1 N–H and O–H groups in total. The fourth-order valence-corrected chi connectivity index (χ4v) is 5.64. The summed E-state index contributed by atoms with van der Waals surface area (Å²) in [6, 6.07) is 10.6. The Balaban J connectivity index is 1.63. The molecule has 5 rings (SSSR count).